The maximum atomic E-state index is 5.72. The molecule has 0 spiro atoms. The Balaban J connectivity index is 1.49. The third kappa shape index (κ3) is 3.01. The number of hydrogen-bond donors (Lipinski definition) is 0. The predicted molar refractivity (Wildman–Crippen MR) is 85.5 cm³/mol. The van der Waals surface area contributed by atoms with Gasteiger partial charge in [0.2, 0.25) is 0 Å². The van der Waals surface area contributed by atoms with E-state index in [0.717, 1.165) is 24.4 Å². The Morgan fingerprint density at radius 3 is 2.57 bits per heavy atom. The second-order valence-corrected chi connectivity index (χ2v) is 5.41. The number of aromatic nitrogens is 3. The van der Waals surface area contributed by atoms with E-state index in [1.807, 2.05) is 36.4 Å². The predicted octanol–water partition coefficient (Wildman–Crippen LogP) is 3.52. The summed E-state index contributed by atoms with van der Waals surface area (Å²) in [6, 6.07) is 11.3. The Labute approximate surface area is 133 Å². The molecule has 23 heavy (non-hydrogen) atoms. The molecule has 1 aliphatic heterocycles. The molecule has 4 rings (SSSR count). The van der Waals surface area contributed by atoms with Crippen LogP contribution in [0.3, 0.4) is 0 Å². The van der Waals surface area contributed by atoms with Gasteiger partial charge in [0.05, 0.1) is 6.20 Å². The van der Waals surface area contributed by atoms with Crippen LogP contribution in [0.25, 0.3) is 11.5 Å². The molecule has 0 unspecified atom stereocenters. The van der Waals surface area contributed by atoms with E-state index < -0.39 is 0 Å². The third-order valence-corrected chi connectivity index (χ3v) is 3.78. The summed E-state index contributed by atoms with van der Waals surface area (Å²) < 4.78 is 11.1. The smallest absolute Gasteiger partial charge is 0.266 e. The average Bonchev–Trinajstić information content (AvgIpc) is 3.28. The molecule has 0 bridgehead atoms. The van der Waals surface area contributed by atoms with Gasteiger partial charge in [0.1, 0.15) is 11.5 Å². The highest BCUT2D eigenvalue weighted by atomic mass is 16.5. The molecule has 6 heteroatoms. The van der Waals surface area contributed by atoms with Crippen LogP contribution in [0.4, 0.5) is 5.95 Å². The zero-order valence-electron chi connectivity index (χ0n) is 12.6. The molecule has 1 saturated heterocycles. The molecule has 116 valence electrons. The highest BCUT2D eigenvalue weighted by Crippen LogP contribution is 2.26. The van der Waals surface area contributed by atoms with Gasteiger partial charge >= 0.3 is 0 Å². The molecule has 0 amide bonds. The van der Waals surface area contributed by atoms with Crippen molar-refractivity contribution in [3.05, 3.63) is 48.8 Å². The van der Waals surface area contributed by atoms with Crippen LogP contribution in [0.15, 0.2) is 53.3 Å². The first kappa shape index (κ1) is 13.8. The van der Waals surface area contributed by atoms with Gasteiger partial charge in [-0.15, -0.1) is 0 Å². The van der Waals surface area contributed by atoms with Crippen LogP contribution in [0.5, 0.6) is 11.5 Å². The number of hydrogen-bond acceptors (Lipinski definition) is 6. The van der Waals surface area contributed by atoms with Gasteiger partial charge in [-0.05, 0) is 54.4 Å². The second kappa shape index (κ2) is 6.08. The maximum absolute atomic E-state index is 5.72. The van der Waals surface area contributed by atoms with E-state index in [2.05, 4.69) is 20.0 Å². The summed E-state index contributed by atoms with van der Waals surface area (Å²) in [5.41, 5.74) is 0.876. The summed E-state index contributed by atoms with van der Waals surface area (Å²) in [7, 11) is 0. The fourth-order valence-electron chi connectivity index (χ4n) is 2.59. The first-order valence-electron chi connectivity index (χ1n) is 7.65. The Kier molecular flexibility index (Phi) is 3.63. The van der Waals surface area contributed by atoms with E-state index >= 15 is 0 Å². The molecular weight excluding hydrogens is 292 g/mol. The van der Waals surface area contributed by atoms with Crippen molar-refractivity contribution in [2.45, 2.75) is 12.8 Å². The van der Waals surface area contributed by atoms with Crippen molar-refractivity contribution < 1.29 is 9.26 Å². The molecule has 0 atom stereocenters. The molecule has 0 saturated carbocycles. The Bertz CT molecular complexity index is 765. The minimum Gasteiger partial charge on any atom is -0.456 e. The number of nitrogens with zero attached hydrogens (tertiary/aromatic N) is 4. The van der Waals surface area contributed by atoms with Crippen molar-refractivity contribution in [3.63, 3.8) is 0 Å². The van der Waals surface area contributed by atoms with Gasteiger partial charge in [-0.2, -0.15) is 4.98 Å². The summed E-state index contributed by atoms with van der Waals surface area (Å²) in [4.78, 5) is 10.6. The van der Waals surface area contributed by atoms with Crippen LogP contribution in [-0.4, -0.2) is 28.2 Å². The molecule has 0 N–H and O–H groups in total. The molecule has 1 aliphatic rings. The number of benzene rings is 1. The Morgan fingerprint density at radius 2 is 1.83 bits per heavy atom. The van der Waals surface area contributed by atoms with Gasteiger partial charge in [-0.3, -0.25) is 4.98 Å². The largest absolute Gasteiger partial charge is 0.456 e. The van der Waals surface area contributed by atoms with Crippen molar-refractivity contribution in [1.29, 1.82) is 0 Å². The van der Waals surface area contributed by atoms with Gasteiger partial charge in [-0.1, -0.05) is 0 Å². The van der Waals surface area contributed by atoms with Crippen molar-refractivity contribution in [3.8, 4) is 23.0 Å². The monoisotopic (exact) mass is 308 g/mol. The first-order valence-corrected chi connectivity index (χ1v) is 7.65. The molecule has 0 radical (unpaired) electrons. The van der Waals surface area contributed by atoms with E-state index in [4.69, 9.17) is 9.26 Å². The van der Waals surface area contributed by atoms with E-state index in [-0.39, 0.29) is 0 Å². The van der Waals surface area contributed by atoms with E-state index in [9.17, 15) is 0 Å². The van der Waals surface area contributed by atoms with Crippen LogP contribution in [-0.2, 0) is 0 Å². The van der Waals surface area contributed by atoms with Gasteiger partial charge < -0.3 is 14.2 Å². The van der Waals surface area contributed by atoms with E-state index in [1.54, 1.807) is 12.4 Å². The van der Waals surface area contributed by atoms with Crippen LogP contribution in [0.1, 0.15) is 12.8 Å². The minimum atomic E-state index is 0.528. The van der Waals surface area contributed by atoms with E-state index in [0.29, 0.717) is 17.6 Å². The number of anilines is 1. The van der Waals surface area contributed by atoms with Crippen molar-refractivity contribution in [2.75, 3.05) is 18.0 Å². The Hall–Kier alpha value is -2.89. The lowest BCUT2D eigenvalue weighted by molar-refractivity contribution is 0.430. The van der Waals surface area contributed by atoms with Crippen molar-refractivity contribution >= 4 is 5.95 Å². The number of rotatable bonds is 4. The third-order valence-electron chi connectivity index (χ3n) is 3.78. The maximum Gasteiger partial charge on any atom is 0.266 e. The van der Waals surface area contributed by atoms with Gasteiger partial charge in [0.15, 0.2) is 0 Å². The van der Waals surface area contributed by atoms with Crippen LogP contribution < -0.4 is 9.64 Å². The van der Waals surface area contributed by atoms with Crippen molar-refractivity contribution in [1.82, 2.24) is 15.1 Å². The number of pyridine rings is 1. The average molecular weight is 308 g/mol. The second-order valence-electron chi connectivity index (χ2n) is 5.41. The lowest BCUT2D eigenvalue weighted by Gasteiger charge is -2.09. The summed E-state index contributed by atoms with van der Waals surface area (Å²) in [5.74, 6) is 2.64. The summed E-state index contributed by atoms with van der Waals surface area (Å²) in [6.45, 7) is 1.99. The number of ether oxygens (including phenoxy) is 1. The quantitative estimate of drug-likeness (QED) is 0.734. The molecule has 0 aliphatic carbocycles. The highest BCUT2D eigenvalue weighted by molar-refractivity contribution is 5.56. The normalized spacial score (nSPS) is 14.2. The highest BCUT2D eigenvalue weighted by Gasteiger charge is 2.18. The van der Waals surface area contributed by atoms with Crippen molar-refractivity contribution in [2.24, 2.45) is 0 Å². The van der Waals surface area contributed by atoms with Crippen LogP contribution in [0, 0.1) is 0 Å². The first-order chi connectivity index (χ1) is 11.4. The van der Waals surface area contributed by atoms with Crippen LogP contribution >= 0.6 is 0 Å². The summed E-state index contributed by atoms with van der Waals surface area (Å²) in [5, 5.41) is 4.07. The zero-order chi connectivity index (χ0) is 15.5. The SMILES string of the molecule is c1cncc(Oc2ccc(-c3nc(N4CCCC4)no3)cc2)c1. The molecule has 1 aromatic carbocycles. The lowest BCUT2D eigenvalue weighted by Crippen LogP contribution is -2.18. The molecular formula is C17H16N4O2. The van der Waals surface area contributed by atoms with Gasteiger partial charge in [-0.25, -0.2) is 0 Å². The fraction of sp³-hybridized carbons (Fsp3) is 0.235. The Morgan fingerprint density at radius 1 is 1.00 bits per heavy atom. The lowest BCUT2D eigenvalue weighted by atomic mass is 10.2. The van der Waals surface area contributed by atoms with Gasteiger partial charge in [0.25, 0.3) is 11.8 Å². The molecule has 6 nitrogen and oxygen atoms in total. The molecule has 3 aromatic rings. The zero-order valence-corrected chi connectivity index (χ0v) is 12.6. The standard InChI is InChI=1S/C17H16N4O2/c1-2-11-21(10-1)17-19-16(23-20-17)13-5-7-14(8-6-13)22-15-4-3-9-18-12-15/h3-9,12H,1-2,10-11H2. The van der Waals surface area contributed by atoms with Crippen LogP contribution in [0.2, 0.25) is 0 Å². The molecule has 3 heterocycles. The van der Waals surface area contributed by atoms with Gasteiger partial charge in [0, 0.05) is 24.8 Å². The molecule has 2 aromatic heterocycles. The topological polar surface area (TPSA) is 64.3 Å². The minimum absolute atomic E-state index is 0.528. The molecule has 1 fully saturated rings. The fourth-order valence-corrected chi connectivity index (χ4v) is 2.59. The van der Waals surface area contributed by atoms with E-state index in [1.165, 1.54) is 12.8 Å². The summed E-state index contributed by atoms with van der Waals surface area (Å²) >= 11 is 0. The summed E-state index contributed by atoms with van der Waals surface area (Å²) in [6.07, 6.45) is 5.76.